The molecule has 0 radical (unpaired) electrons. The molecule has 0 spiro atoms. The van der Waals surface area contributed by atoms with Crippen LogP contribution >= 0.6 is 19.6 Å². The van der Waals surface area contributed by atoms with E-state index in [0.29, 0.717) is 6.42 Å². The fourth-order valence-electron chi connectivity index (χ4n) is 1.09. The van der Waals surface area contributed by atoms with Crippen molar-refractivity contribution in [3.63, 3.8) is 0 Å². The predicted molar refractivity (Wildman–Crippen MR) is 64.5 cm³/mol. The normalized spacial score (nSPS) is 10.4. The molecule has 0 amide bonds. The van der Waals surface area contributed by atoms with Gasteiger partial charge in [-0.15, -0.1) is 0 Å². The minimum absolute atomic E-state index is 0.213. The van der Waals surface area contributed by atoms with Gasteiger partial charge in [0.2, 0.25) is 0 Å². The molecule has 0 atom stereocenters. The molecule has 0 saturated carbocycles. The second-order valence-corrected chi connectivity index (χ2v) is 9.75. The van der Waals surface area contributed by atoms with E-state index in [2.05, 4.69) is 31.0 Å². The molecule has 0 aromatic rings. The first-order valence-electron chi connectivity index (χ1n) is 4.98. The van der Waals surface area contributed by atoms with Crippen LogP contribution in [0, 0.1) is 0 Å². The van der Waals surface area contributed by atoms with E-state index in [4.69, 9.17) is 0 Å². The van der Waals surface area contributed by atoms with Crippen LogP contribution in [0.2, 0.25) is 0 Å². The molecular weight excluding hydrogens is 443 g/mol. The van der Waals surface area contributed by atoms with Crippen molar-refractivity contribution in [2.24, 2.45) is 0 Å². The summed E-state index contributed by atoms with van der Waals surface area (Å²) in [4.78, 5) is 0. The number of halogens is 1. The van der Waals surface area contributed by atoms with Gasteiger partial charge in [-0.3, -0.25) is 0 Å². The van der Waals surface area contributed by atoms with Gasteiger partial charge in [0.05, 0.1) is 5.75 Å². The van der Waals surface area contributed by atoms with Crippen molar-refractivity contribution in [1.29, 1.82) is 0 Å². The Morgan fingerprint density at radius 3 is 2.00 bits per heavy atom. The van der Waals surface area contributed by atoms with Crippen LogP contribution in [-0.2, 0) is 29.4 Å². The van der Waals surface area contributed by atoms with Crippen LogP contribution in [0.1, 0.15) is 45.4 Å². The molecule has 0 aromatic carbocycles. The van der Waals surface area contributed by atoms with E-state index in [1.165, 1.54) is 6.42 Å². The van der Waals surface area contributed by atoms with E-state index in [9.17, 15) is 12.9 Å². The summed E-state index contributed by atoms with van der Waals surface area (Å²) in [7, 11) is 4.87. The van der Waals surface area contributed by atoms with Crippen molar-refractivity contribution in [1.82, 2.24) is 0 Å². The maximum atomic E-state index is 11.3. The van der Waals surface area contributed by atoms with Gasteiger partial charge in [0.25, 0.3) is 10.1 Å². The Balaban J connectivity index is 0. The third kappa shape index (κ3) is 17.4. The molecule has 0 N–H and O–H groups in total. The van der Waals surface area contributed by atoms with Crippen LogP contribution in [0.15, 0.2) is 0 Å². The van der Waals surface area contributed by atoms with Crippen LogP contribution in [0.25, 0.3) is 0 Å². The molecule has 0 bridgehead atoms. The second kappa shape index (κ2) is 14.0. The number of hydrogen-bond donors (Lipinski definition) is 0. The molecule has 8 heteroatoms. The number of rotatable bonds is 8. The SMILES string of the molecule is CCCCCCCCS(=O)(=O)OF.[S]=[W]=[S]. The summed E-state index contributed by atoms with van der Waals surface area (Å²) in [6.07, 6.45) is 5.76. The quantitative estimate of drug-likeness (QED) is 0.515. The molecule has 0 heterocycles. The van der Waals surface area contributed by atoms with E-state index in [1.54, 1.807) is 0 Å². The van der Waals surface area contributed by atoms with Crippen LogP contribution in [0.3, 0.4) is 0 Å². The van der Waals surface area contributed by atoms with E-state index < -0.39 is 25.0 Å². The molecule has 0 saturated heterocycles. The first kappa shape index (κ1) is 19.3. The van der Waals surface area contributed by atoms with Gasteiger partial charge in [0, 0.05) is 0 Å². The molecular formula is C8H17FO3S3W. The topological polar surface area (TPSA) is 43.4 Å². The number of unbranched alkanes of at least 4 members (excludes halogenated alkanes) is 5. The van der Waals surface area contributed by atoms with Crippen molar-refractivity contribution < 1.29 is 32.3 Å². The third-order valence-corrected chi connectivity index (χ3v) is 2.82. The zero-order valence-corrected chi connectivity index (χ0v) is 14.6. The van der Waals surface area contributed by atoms with Crippen LogP contribution in [0.5, 0.6) is 0 Å². The van der Waals surface area contributed by atoms with Crippen molar-refractivity contribution in [2.45, 2.75) is 45.4 Å². The van der Waals surface area contributed by atoms with Crippen molar-refractivity contribution >= 4 is 29.8 Å². The Bertz CT molecular complexity index is 276. The van der Waals surface area contributed by atoms with Gasteiger partial charge >= 0.3 is 34.6 Å². The monoisotopic (exact) mass is 460 g/mol. The molecule has 0 aliphatic heterocycles. The fourth-order valence-corrected chi connectivity index (χ4v) is 1.71. The zero-order chi connectivity index (χ0) is 12.9. The summed E-state index contributed by atoms with van der Waals surface area (Å²) in [5, 5.41) is 0. The van der Waals surface area contributed by atoms with Gasteiger partial charge < -0.3 is 0 Å². The molecule has 98 valence electrons. The Labute approximate surface area is 113 Å². The van der Waals surface area contributed by atoms with Gasteiger partial charge in [-0.2, -0.15) is 8.42 Å². The average Bonchev–Trinajstić information content (AvgIpc) is 2.24. The van der Waals surface area contributed by atoms with Crippen molar-refractivity contribution in [2.75, 3.05) is 5.75 Å². The van der Waals surface area contributed by atoms with Gasteiger partial charge in [-0.05, 0) is 10.9 Å². The molecule has 0 rings (SSSR count). The molecule has 0 aliphatic rings. The average molecular weight is 460 g/mol. The molecule has 16 heavy (non-hydrogen) atoms. The molecule has 3 nitrogen and oxygen atoms in total. The summed E-state index contributed by atoms with van der Waals surface area (Å²) in [6, 6.07) is 0. The Morgan fingerprint density at radius 1 is 1.12 bits per heavy atom. The van der Waals surface area contributed by atoms with E-state index in [-0.39, 0.29) is 5.75 Å². The number of hydrogen-bond acceptors (Lipinski definition) is 5. The summed E-state index contributed by atoms with van der Waals surface area (Å²) in [5.41, 5.74) is 0. The van der Waals surface area contributed by atoms with Gasteiger partial charge in [0.15, 0.2) is 0 Å². The summed E-state index contributed by atoms with van der Waals surface area (Å²) >= 11 is -0.583. The first-order chi connectivity index (χ1) is 7.54. The third-order valence-electron chi connectivity index (χ3n) is 1.84. The summed E-state index contributed by atoms with van der Waals surface area (Å²) < 4.78 is 35.1. The summed E-state index contributed by atoms with van der Waals surface area (Å²) in [6.45, 7) is 2.11. The minimum atomic E-state index is -3.88. The standard InChI is InChI=1S/C8H17FO3S.2S.W/c1-2-3-4-5-6-7-8-13(10,11)12-9;;;/h2-8H2,1H3;;;. The maximum absolute atomic E-state index is 11.3. The van der Waals surface area contributed by atoms with E-state index in [1.807, 2.05) is 0 Å². The Kier molecular flexibility index (Phi) is 16.9. The van der Waals surface area contributed by atoms with Gasteiger partial charge in [-0.1, -0.05) is 43.4 Å². The van der Waals surface area contributed by atoms with Crippen molar-refractivity contribution in [3.8, 4) is 0 Å². The van der Waals surface area contributed by atoms with E-state index in [0.717, 1.165) is 25.7 Å². The first-order valence-corrected chi connectivity index (χ1v) is 14.4. The predicted octanol–water partition coefficient (Wildman–Crippen LogP) is 3.87. The molecule has 0 fully saturated rings. The molecule has 0 aromatic heterocycles. The Morgan fingerprint density at radius 2 is 1.56 bits per heavy atom. The molecule has 0 unspecified atom stereocenters. The van der Waals surface area contributed by atoms with Gasteiger partial charge in [0.1, 0.15) is 0 Å². The van der Waals surface area contributed by atoms with E-state index >= 15 is 0 Å². The van der Waals surface area contributed by atoms with Crippen molar-refractivity contribution in [3.05, 3.63) is 0 Å². The summed E-state index contributed by atoms with van der Waals surface area (Å²) in [5.74, 6) is -0.213. The fraction of sp³-hybridized carbons (Fsp3) is 1.00. The zero-order valence-electron chi connectivity index (χ0n) is 9.19. The van der Waals surface area contributed by atoms with Crippen LogP contribution < -0.4 is 0 Å². The van der Waals surface area contributed by atoms with Gasteiger partial charge in [-0.25, -0.2) is 0 Å². The second-order valence-electron chi connectivity index (χ2n) is 3.16. The van der Waals surface area contributed by atoms with Crippen LogP contribution in [-0.4, -0.2) is 14.2 Å². The Hall–Kier alpha value is 0.968. The van der Waals surface area contributed by atoms with Crippen LogP contribution in [0.4, 0.5) is 4.53 Å². The molecule has 0 aliphatic carbocycles.